The molecule has 1 aromatic carbocycles. The summed E-state index contributed by atoms with van der Waals surface area (Å²) in [6.45, 7) is 9.59. The lowest BCUT2D eigenvalue weighted by molar-refractivity contribution is -0.145. The van der Waals surface area contributed by atoms with Crippen molar-refractivity contribution >= 4 is 12.1 Å². The van der Waals surface area contributed by atoms with Crippen LogP contribution in [0.4, 0.5) is 4.79 Å². The van der Waals surface area contributed by atoms with Crippen molar-refractivity contribution in [3.8, 4) is 0 Å². The third-order valence-corrected chi connectivity index (χ3v) is 5.37. The first-order valence-corrected chi connectivity index (χ1v) is 13.7. The first-order valence-electron chi connectivity index (χ1n) is 13.7. The molecule has 0 radical (unpaired) electrons. The second kappa shape index (κ2) is 21.0. The lowest BCUT2D eigenvalue weighted by atomic mass is 10.1. The Hall–Kier alpha value is -2.12. The number of nitrogens with one attached hydrogen (secondary N) is 1. The number of ether oxygens (including phenoxy) is 4. The molecule has 0 aliphatic rings. The van der Waals surface area contributed by atoms with Gasteiger partial charge >= 0.3 is 12.1 Å². The smallest absolute Gasteiger partial charge is 0.407 e. The van der Waals surface area contributed by atoms with E-state index in [0.29, 0.717) is 26.2 Å². The van der Waals surface area contributed by atoms with E-state index in [2.05, 4.69) is 5.32 Å². The van der Waals surface area contributed by atoms with E-state index in [9.17, 15) is 9.59 Å². The van der Waals surface area contributed by atoms with Gasteiger partial charge in [0.25, 0.3) is 0 Å². The molecule has 0 saturated carbocycles. The van der Waals surface area contributed by atoms with Gasteiger partial charge in [-0.25, -0.2) is 4.79 Å². The van der Waals surface area contributed by atoms with Crippen LogP contribution in [0.15, 0.2) is 30.3 Å². The zero-order valence-corrected chi connectivity index (χ0v) is 22.9. The van der Waals surface area contributed by atoms with E-state index in [4.69, 9.17) is 18.9 Å². The molecule has 206 valence electrons. The Labute approximate surface area is 218 Å². The molecular formula is C29H49NO6. The SMILES string of the molecule is CC(C)(C)OC(=O)NCCCCOCCCCCCCCOCCCCC(=O)OCc1ccccc1. The van der Waals surface area contributed by atoms with Crippen molar-refractivity contribution in [3.05, 3.63) is 35.9 Å². The number of unbranched alkanes of at least 4 members (excludes halogenated alkanes) is 7. The Morgan fingerprint density at radius 1 is 0.722 bits per heavy atom. The third-order valence-electron chi connectivity index (χ3n) is 5.37. The summed E-state index contributed by atoms with van der Waals surface area (Å²) in [4.78, 5) is 23.3. The van der Waals surface area contributed by atoms with Crippen molar-refractivity contribution in [3.63, 3.8) is 0 Å². The summed E-state index contributed by atoms with van der Waals surface area (Å²) in [5.41, 5.74) is 0.560. The fraction of sp³-hybridized carbons (Fsp3) is 0.724. The van der Waals surface area contributed by atoms with E-state index < -0.39 is 5.60 Å². The fourth-order valence-corrected chi connectivity index (χ4v) is 3.44. The number of rotatable bonds is 21. The number of amides is 1. The molecule has 0 aromatic heterocycles. The minimum absolute atomic E-state index is 0.142. The van der Waals surface area contributed by atoms with E-state index in [1.807, 2.05) is 51.1 Å². The Bertz CT molecular complexity index is 674. The fourth-order valence-electron chi connectivity index (χ4n) is 3.44. The van der Waals surface area contributed by atoms with Gasteiger partial charge in [-0.1, -0.05) is 56.0 Å². The summed E-state index contributed by atoms with van der Waals surface area (Å²) in [5.74, 6) is -0.142. The largest absolute Gasteiger partial charge is 0.461 e. The summed E-state index contributed by atoms with van der Waals surface area (Å²) in [5, 5.41) is 2.76. The molecule has 0 fully saturated rings. The van der Waals surface area contributed by atoms with Gasteiger partial charge in [0, 0.05) is 39.4 Å². The van der Waals surface area contributed by atoms with E-state index in [1.165, 1.54) is 25.7 Å². The van der Waals surface area contributed by atoms with Crippen LogP contribution in [0.2, 0.25) is 0 Å². The Kier molecular flexibility index (Phi) is 18.6. The topological polar surface area (TPSA) is 83.1 Å². The molecule has 36 heavy (non-hydrogen) atoms. The molecule has 1 amide bonds. The van der Waals surface area contributed by atoms with Crippen LogP contribution < -0.4 is 5.32 Å². The van der Waals surface area contributed by atoms with E-state index in [0.717, 1.165) is 63.9 Å². The quantitative estimate of drug-likeness (QED) is 0.149. The minimum atomic E-state index is -0.454. The molecule has 0 bridgehead atoms. The molecule has 1 rings (SSSR count). The van der Waals surface area contributed by atoms with E-state index in [-0.39, 0.29) is 12.1 Å². The Morgan fingerprint density at radius 3 is 1.83 bits per heavy atom. The maximum Gasteiger partial charge on any atom is 0.407 e. The standard InChI is InChI=1S/C29H49NO6/c1-29(2,3)36-28(32)30-20-12-16-24-34-22-14-7-5-4-6-13-21-33-23-15-11-19-27(31)35-25-26-17-9-8-10-18-26/h8-10,17-18H,4-7,11-16,19-25H2,1-3H3,(H,30,32). The molecule has 0 aliphatic carbocycles. The second-order valence-electron chi connectivity index (χ2n) is 10.1. The van der Waals surface area contributed by atoms with Crippen molar-refractivity contribution in [2.75, 3.05) is 33.0 Å². The lowest BCUT2D eigenvalue weighted by Gasteiger charge is -2.19. The highest BCUT2D eigenvalue weighted by Crippen LogP contribution is 2.08. The van der Waals surface area contributed by atoms with Gasteiger partial charge in [0.15, 0.2) is 0 Å². The molecular weight excluding hydrogens is 458 g/mol. The minimum Gasteiger partial charge on any atom is -0.461 e. The molecule has 0 aliphatic heterocycles. The van der Waals surface area contributed by atoms with Crippen molar-refractivity contribution in [1.29, 1.82) is 0 Å². The normalized spacial score (nSPS) is 11.3. The van der Waals surface area contributed by atoms with Crippen molar-refractivity contribution in [1.82, 2.24) is 5.32 Å². The van der Waals surface area contributed by atoms with Gasteiger partial charge in [-0.2, -0.15) is 0 Å². The summed E-state index contributed by atoms with van der Waals surface area (Å²) in [7, 11) is 0. The van der Waals surface area contributed by atoms with Gasteiger partial charge in [-0.15, -0.1) is 0 Å². The highest BCUT2D eigenvalue weighted by Gasteiger charge is 2.15. The highest BCUT2D eigenvalue weighted by atomic mass is 16.6. The Morgan fingerprint density at radius 2 is 1.25 bits per heavy atom. The maximum atomic E-state index is 11.8. The molecule has 7 nitrogen and oxygen atoms in total. The summed E-state index contributed by atoms with van der Waals surface area (Å²) >= 11 is 0. The van der Waals surface area contributed by atoms with Gasteiger partial charge in [0.1, 0.15) is 12.2 Å². The van der Waals surface area contributed by atoms with Gasteiger partial charge in [-0.3, -0.25) is 4.79 Å². The zero-order chi connectivity index (χ0) is 26.3. The average molecular weight is 508 g/mol. The molecule has 0 unspecified atom stereocenters. The molecule has 0 spiro atoms. The van der Waals surface area contributed by atoms with Crippen molar-refractivity contribution in [2.24, 2.45) is 0 Å². The highest BCUT2D eigenvalue weighted by molar-refractivity contribution is 5.69. The molecule has 1 N–H and O–H groups in total. The maximum absolute atomic E-state index is 11.8. The predicted molar refractivity (Wildman–Crippen MR) is 143 cm³/mol. The number of esters is 1. The summed E-state index contributed by atoms with van der Waals surface area (Å²) in [6, 6.07) is 9.74. The van der Waals surface area contributed by atoms with Gasteiger partial charge < -0.3 is 24.3 Å². The van der Waals surface area contributed by atoms with Crippen LogP contribution in [0.25, 0.3) is 0 Å². The Balaban J connectivity index is 1.73. The summed E-state index contributed by atoms with van der Waals surface area (Å²) < 4.78 is 21.8. The van der Waals surface area contributed by atoms with Crippen LogP contribution in [0.1, 0.15) is 97.0 Å². The van der Waals surface area contributed by atoms with E-state index >= 15 is 0 Å². The second-order valence-corrected chi connectivity index (χ2v) is 10.1. The number of carbonyl (C=O) groups excluding carboxylic acids is 2. The number of alkyl carbamates (subject to hydrolysis) is 1. The number of carbonyl (C=O) groups is 2. The van der Waals surface area contributed by atoms with Crippen LogP contribution in [0.3, 0.4) is 0 Å². The van der Waals surface area contributed by atoms with Crippen LogP contribution >= 0.6 is 0 Å². The van der Waals surface area contributed by atoms with Gasteiger partial charge in [-0.05, 0) is 64.9 Å². The molecule has 7 heteroatoms. The van der Waals surface area contributed by atoms with Crippen LogP contribution in [-0.2, 0) is 30.3 Å². The van der Waals surface area contributed by atoms with Crippen LogP contribution in [-0.4, -0.2) is 50.6 Å². The number of benzene rings is 1. The first-order chi connectivity index (χ1) is 17.4. The lowest BCUT2D eigenvalue weighted by Crippen LogP contribution is -2.33. The first kappa shape index (κ1) is 31.9. The van der Waals surface area contributed by atoms with Crippen molar-refractivity contribution in [2.45, 2.75) is 104 Å². The zero-order valence-electron chi connectivity index (χ0n) is 22.9. The van der Waals surface area contributed by atoms with Crippen LogP contribution in [0, 0.1) is 0 Å². The summed E-state index contributed by atoms with van der Waals surface area (Å²) in [6.07, 6.45) is 10.7. The van der Waals surface area contributed by atoms with Crippen LogP contribution in [0.5, 0.6) is 0 Å². The number of hydrogen-bond acceptors (Lipinski definition) is 6. The van der Waals surface area contributed by atoms with E-state index in [1.54, 1.807) is 0 Å². The molecule has 0 saturated heterocycles. The molecule has 1 aromatic rings. The monoisotopic (exact) mass is 507 g/mol. The third kappa shape index (κ3) is 21.2. The van der Waals surface area contributed by atoms with Gasteiger partial charge in [0.2, 0.25) is 0 Å². The van der Waals surface area contributed by atoms with Crippen molar-refractivity contribution < 1.29 is 28.5 Å². The number of hydrogen-bond donors (Lipinski definition) is 1. The predicted octanol–water partition coefficient (Wildman–Crippen LogP) is 6.58. The average Bonchev–Trinajstić information content (AvgIpc) is 2.83. The molecule has 0 atom stereocenters. The van der Waals surface area contributed by atoms with Gasteiger partial charge in [0.05, 0.1) is 0 Å². The molecule has 0 heterocycles.